The van der Waals surface area contributed by atoms with E-state index in [4.69, 9.17) is 25.8 Å². The fourth-order valence-corrected chi connectivity index (χ4v) is 2.28. The van der Waals surface area contributed by atoms with Crippen molar-refractivity contribution in [3.8, 4) is 17.2 Å². The molecule has 21 heavy (non-hydrogen) atoms. The van der Waals surface area contributed by atoms with Crippen molar-refractivity contribution in [1.29, 1.82) is 0 Å². The van der Waals surface area contributed by atoms with Crippen molar-refractivity contribution < 1.29 is 14.2 Å². The summed E-state index contributed by atoms with van der Waals surface area (Å²) >= 11 is 6.25. The molecular weight excluding hydrogens is 288 g/mol. The molecule has 2 rings (SSSR count). The van der Waals surface area contributed by atoms with Gasteiger partial charge in [-0.2, -0.15) is 0 Å². The lowest BCUT2D eigenvalue weighted by Gasteiger charge is -2.13. The molecule has 2 aromatic carbocycles. The monoisotopic (exact) mass is 306 g/mol. The molecule has 0 atom stereocenters. The first-order chi connectivity index (χ1) is 10.2. The van der Waals surface area contributed by atoms with E-state index in [2.05, 4.69) is 6.92 Å². The Morgan fingerprint density at radius 3 is 2.24 bits per heavy atom. The third-order valence-corrected chi connectivity index (χ3v) is 3.56. The lowest BCUT2D eigenvalue weighted by Crippen LogP contribution is -1.98. The van der Waals surface area contributed by atoms with E-state index in [0.717, 1.165) is 29.0 Å². The van der Waals surface area contributed by atoms with E-state index < -0.39 is 0 Å². The zero-order chi connectivity index (χ0) is 15.2. The molecule has 0 saturated heterocycles. The van der Waals surface area contributed by atoms with Gasteiger partial charge in [0.1, 0.15) is 23.9 Å². The Bertz CT molecular complexity index is 594. The Kier molecular flexibility index (Phi) is 5.34. The van der Waals surface area contributed by atoms with Crippen molar-refractivity contribution in [3.05, 3.63) is 52.5 Å². The molecule has 0 radical (unpaired) electrons. The van der Waals surface area contributed by atoms with Gasteiger partial charge in [0, 0.05) is 6.07 Å². The molecule has 0 aliphatic rings. The molecule has 0 amide bonds. The van der Waals surface area contributed by atoms with Crippen LogP contribution in [0.2, 0.25) is 5.02 Å². The maximum absolute atomic E-state index is 6.25. The highest BCUT2D eigenvalue weighted by Gasteiger charge is 2.09. The highest BCUT2D eigenvalue weighted by Crippen LogP contribution is 2.33. The maximum Gasteiger partial charge on any atom is 0.142 e. The van der Waals surface area contributed by atoms with Crippen LogP contribution >= 0.6 is 11.6 Å². The largest absolute Gasteiger partial charge is 0.497 e. The number of aryl methyl sites for hydroxylation is 1. The molecule has 0 aromatic heterocycles. The molecule has 112 valence electrons. The van der Waals surface area contributed by atoms with E-state index in [1.807, 2.05) is 36.4 Å². The summed E-state index contributed by atoms with van der Waals surface area (Å²) in [4.78, 5) is 0. The first-order valence-corrected chi connectivity index (χ1v) is 7.17. The molecule has 0 N–H and O–H groups in total. The van der Waals surface area contributed by atoms with Crippen LogP contribution in [0.1, 0.15) is 18.1 Å². The van der Waals surface area contributed by atoms with Gasteiger partial charge in [0.2, 0.25) is 0 Å². The van der Waals surface area contributed by atoms with Crippen molar-refractivity contribution in [2.75, 3.05) is 14.2 Å². The Morgan fingerprint density at radius 2 is 1.67 bits per heavy atom. The molecule has 0 saturated carbocycles. The predicted octanol–water partition coefficient (Wildman–Crippen LogP) is 4.50. The minimum Gasteiger partial charge on any atom is -0.497 e. The van der Waals surface area contributed by atoms with Crippen LogP contribution in [0.4, 0.5) is 0 Å². The summed E-state index contributed by atoms with van der Waals surface area (Å²) in [6.45, 7) is 2.50. The van der Waals surface area contributed by atoms with Crippen molar-refractivity contribution in [2.45, 2.75) is 20.0 Å². The second-order valence-electron chi connectivity index (χ2n) is 4.58. The standard InChI is InChI=1S/C17H19ClO3/c1-4-13-9-15(18)17(10-16(13)20-3)21-11-12-5-7-14(19-2)8-6-12/h5-10H,4,11H2,1-3H3. The molecule has 3 nitrogen and oxygen atoms in total. The van der Waals surface area contributed by atoms with Gasteiger partial charge >= 0.3 is 0 Å². The normalized spacial score (nSPS) is 10.3. The lowest BCUT2D eigenvalue weighted by atomic mass is 10.1. The molecule has 2 aromatic rings. The lowest BCUT2D eigenvalue weighted by molar-refractivity contribution is 0.303. The van der Waals surface area contributed by atoms with Gasteiger partial charge in [-0.15, -0.1) is 0 Å². The van der Waals surface area contributed by atoms with Crippen LogP contribution in [0.15, 0.2) is 36.4 Å². The first kappa shape index (κ1) is 15.5. The van der Waals surface area contributed by atoms with Crippen molar-refractivity contribution in [1.82, 2.24) is 0 Å². The molecule has 0 spiro atoms. The van der Waals surface area contributed by atoms with Crippen molar-refractivity contribution in [2.24, 2.45) is 0 Å². The van der Waals surface area contributed by atoms with Gasteiger partial charge in [-0.1, -0.05) is 30.7 Å². The van der Waals surface area contributed by atoms with E-state index in [1.54, 1.807) is 14.2 Å². The molecule has 0 bridgehead atoms. The summed E-state index contributed by atoms with van der Waals surface area (Å²) in [6, 6.07) is 11.5. The van der Waals surface area contributed by atoms with Crippen LogP contribution in [0.25, 0.3) is 0 Å². The number of benzene rings is 2. The molecular formula is C17H19ClO3. The third-order valence-electron chi connectivity index (χ3n) is 3.27. The summed E-state index contributed by atoms with van der Waals surface area (Å²) < 4.78 is 16.3. The Hall–Kier alpha value is -1.87. The first-order valence-electron chi connectivity index (χ1n) is 6.80. The molecule has 0 heterocycles. The summed E-state index contributed by atoms with van der Waals surface area (Å²) in [5.74, 6) is 2.25. The van der Waals surface area contributed by atoms with Crippen molar-refractivity contribution >= 4 is 11.6 Å². The van der Waals surface area contributed by atoms with Crippen LogP contribution < -0.4 is 14.2 Å². The minimum absolute atomic E-state index is 0.443. The summed E-state index contributed by atoms with van der Waals surface area (Å²) in [5.41, 5.74) is 2.12. The fraction of sp³-hybridized carbons (Fsp3) is 0.294. The van der Waals surface area contributed by atoms with Crippen LogP contribution in [0.5, 0.6) is 17.2 Å². The number of methoxy groups -OCH3 is 2. The van der Waals surface area contributed by atoms with E-state index in [-0.39, 0.29) is 0 Å². The molecule has 0 aliphatic carbocycles. The molecule has 0 unspecified atom stereocenters. The van der Waals surface area contributed by atoms with Gasteiger partial charge in [0.05, 0.1) is 19.2 Å². The summed E-state index contributed by atoms with van der Waals surface area (Å²) in [6.07, 6.45) is 0.863. The molecule has 4 heteroatoms. The zero-order valence-corrected chi connectivity index (χ0v) is 13.2. The highest BCUT2D eigenvalue weighted by atomic mass is 35.5. The minimum atomic E-state index is 0.443. The third kappa shape index (κ3) is 3.82. The molecule has 0 aliphatic heterocycles. The number of ether oxygens (including phenoxy) is 3. The predicted molar refractivity (Wildman–Crippen MR) is 84.7 cm³/mol. The SMILES string of the molecule is CCc1cc(Cl)c(OCc2ccc(OC)cc2)cc1OC. The number of halogens is 1. The van der Waals surface area contributed by atoms with E-state index >= 15 is 0 Å². The second kappa shape index (κ2) is 7.23. The quantitative estimate of drug-likeness (QED) is 0.786. The maximum atomic E-state index is 6.25. The van der Waals surface area contributed by atoms with Gasteiger partial charge in [-0.25, -0.2) is 0 Å². The van der Waals surface area contributed by atoms with Crippen LogP contribution in [-0.4, -0.2) is 14.2 Å². The van der Waals surface area contributed by atoms with E-state index in [1.165, 1.54) is 0 Å². The van der Waals surface area contributed by atoms with Crippen molar-refractivity contribution in [3.63, 3.8) is 0 Å². The average Bonchev–Trinajstić information content (AvgIpc) is 2.53. The average molecular weight is 307 g/mol. The van der Waals surface area contributed by atoms with Gasteiger partial charge in [0.25, 0.3) is 0 Å². The number of hydrogen-bond acceptors (Lipinski definition) is 3. The van der Waals surface area contributed by atoms with Gasteiger partial charge in [0.15, 0.2) is 0 Å². The zero-order valence-electron chi connectivity index (χ0n) is 12.5. The summed E-state index contributed by atoms with van der Waals surface area (Å²) in [5, 5.41) is 0.598. The van der Waals surface area contributed by atoms with E-state index in [9.17, 15) is 0 Å². The highest BCUT2D eigenvalue weighted by molar-refractivity contribution is 6.32. The number of rotatable bonds is 6. The van der Waals surface area contributed by atoms with Gasteiger partial charge in [-0.3, -0.25) is 0 Å². The molecule has 0 fully saturated rings. The Labute approximate surface area is 130 Å². The van der Waals surface area contributed by atoms with E-state index in [0.29, 0.717) is 17.4 Å². The smallest absolute Gasteiger partial charge is 0.142 e. The number of hydrogen-bond donors (Lipinski definition) is 0. The van der Waals surface area contributed by atoms with Crippen LogP contribution in [0, 0.1) is 0 Å². The topological polar surface area (TPSA) is 27.7 Å². The fourth-order valence-electron chi connectivity index (χ4n) is 2.04. The van der Waals surface area contributed by atoms with Gasteiger partial charge in [-0.05, 0) is 35.7 Å². The van der Waals surface area contributed by atoms with Crippen LogP contribution in [0.3, 0.4) is 0 Å². The van der Waals surface area contributed by atoms with Crippen LogP contribution in [-0.2, 0) is 13.0 Å². The Morgan fingerprint density at radius 1 is 0.952 bits per heavy atom. The second-order valence-corrected chi connectivity index (χ2v) is 4.99. The summed E-state index contributed by atoms with van der Waals surface area (Å²) in [7, 11) is 3.29. The Balaban J connectivity index is 2.11. The van der Waals surface area contributed by atoms with Gasteiger partial charge < -0.3 is 14.2 Å².